The second kappa shape index (κ2) is 8.24. The van der Waals surface area contributed by atoms with Crippen molar-refractivity contribution in [2.24, 2.45) is 11.7 Å². The molecule has 0 unspecified atom stereocenters. The number of nitrogens with two attached hydrogens (primary N) is 1. The quantitative estimate of drug-likeness (QED) is 0.590. The van der Waals surface area contributed by atoms with Gasteiger partial charge in [-0.15, -0.1) is 0 Å². The molecule has 0 atom stereocenters. The fourth-order valence-electron chi connectivity index (χ4n) is 1.38. The van der Waals surface area contributed by atoms with Gasteiger partial charge < -0.3 is 5.73 Å². The molecule has 2 N–H and O–H groups in total. The number of hydrogen-bond donors (Lipinski definition) is 1. The molecule has 78 valence electrons. The standard InChI is InChI=1S/C11H23NO/c1-10(2)9-11(13)7-5-3-4-6-8-12/h10H,3-9,12H2,1-2H3. The highest BCUT2D eigenvalue weighted by Crippen LogP contribution is 2.08. The molecule has 0 aliphatic heterocycles. The Hall–Kier alpha value is -0.370. The molecule has 0 aromatic carbocycles. The fourth-order valence-corrected chi connectivity index (χ4v) is 1.38. The summed E-state index contributed by atoms with van der Waals surface area (Å²) >= 11 is 0. The lowest BCUT2D eigenvalue weighted by Gasteiger charge is -2.03. The Labute approximate surface area is 81.9 Å². The van der Waals surface area contributed by atoms with Crippen LogP contribution in [0.25, 0.3) is 0 Å². The summed E-state index contributed by atoms with van der Waals surface area (Å²) in [4.78, 5) is 11.3. The van der Waals surface area contributed by atoms with Crippen LogP contribution < -0.4 is 5.73 Å². The predicted octanol–water partition coefficient (Wildman–Crippen LogP) is 2.51. The molecule has 0 amide bonds. The third kappa shape index (κ3) is 9.54. The van der Waals surface area contributed by atoms with Gasteiger partial charge >= 0.3 is 0 Å². The van der Waals surface area contributed by atoms with Gasteiger partial charge in [0, 0.05) is 12.8 Å². The maximum Gasteiger partial charge on any atom is 0.133 e. The number of hydrogen-bond acceptors (Lipinski definition) is 2. The highest BCUT2D eigenvalue weighted by Gasteiger charge is 2.03. The molecule has 2 nitrogen and oxygen atoms in total. The minimum Gasteiger partial charge on any atom is -0.330 e. The molecule has 0 spiro atoms. The van der Waals surface area contributed by atoms with Crippen molar-refractivity contribution in [1.82, 2.24) is 0 Å². The van der Waals surface area contributed by atoms with Crippen molar-refractivity contribution in [3.63, 3.8) is 0 Å². The fraction of sp³-hybridized carbons (Fsp3) is 0.909. The van der Waals surface area contributed by atoms with Crippen molar-refractivity contribution in [2.75, 3.05) is 6.54 Å². The van der Waals surface area contributed by atoms with Crippen LogP contribution in [0.15, 0.2) is 0 Å². The van der Waals surface area contributed by atoms with E-state index in [1.54, 1.807) is 0 Å². The average molecular weight is 185 g/mol. The number of ketones is 1. The third-order valence-corrected chi connectivity index (χ3v) is 2.05. The topological polar surface area (TPSA) is 43.1 Å². The largest absolute Gasteiger partial charge is 0.330 e. The lowest BCUT2D eigenvalue weighted by Crippen LogP contribution is -2.02. The van der Waals surface area contributed by atoms with Crippen molar-refractivity contribution in [2.45, 2.75) is 52.4 Å². The Morgan fingerprint density at radius 2 is 1.77 bits per heavy atom. The van der Waals surface area contributed by atoms with Crippen LogP contribution in [0.5, 0.6) is 0 Å². The molecule has 0 radical (unpaired) electrons. The molecular formula is C11H23NO. The monoisotopic (exact) mass is 185 g/mol. The van der Waals surface area contributed by atoms with Gasteiger partial charge in [-0.05, 0) is 25.3 Å². The third-order valence-electron chi connectivity index (χ3n) is 2.05. The molecule has 0 aromatic heterocycles. The van der Waals surface area contributed by atoms with E-state index in [0.29, 0.717) is 11.7 Å². The van der Waals surface area contributed by atoms with Gasteiger partial charge in [0.25, 0.3) is 0 Å². The van der Waals surface area contributed by atoms with Gasteiger partial charge in [0.2, 0.25) is 0 Å². The molecule has 0 saturated heterocycles. The van der Waals surface area contributed by atoms with Crippen LogP contribution >= 0.6 is 0 Å². The van der Waals surface area contributed by atoms with Gasteiger partial charge in [-0.25, -0.2) is 0 Å². The van der Waals surface area contributed by atoms with E-state index in [1.165, 1.54) is 6.42 Å². The summed E-state index contributed by atoms with van der Waals surface area (Å²) < 4.78 is 0. The van der Waals surface area contributed by atoms with Gasteiger partial charge in [-0.1, -0.05) is 26.7 Å². The van der Waals surface area contributed by atoms with Crippen molar-refractivity contribution in [3.8, 4) is 0 Å². The first-order valence-electron chi connectivity index (χ1n) is 5.38. The molecule has 0 aromatic rings. The SMILES string of the molecule is CC(C)CC(=O)CCCCCCN. The van der Waals surface area contributed by atoms with Crippen LogP contribution in [0.4, 0.5) is 0 Å². The van der Waals surface area contributed by atoms with Crippen molar-refractivity contribution in [1.29, 1.82) is 0 Å². The van der Waals surface area contributed by atoms with Crippen LogP contribution in [0.2, 0.25) is 0 Å². The molecule has 0 saturated carbocycles. The van der Waals surface area contributed by atoms with E-state index in [1.807, 2.05) is 0 Å². The smallest absolute Gasteiger partial charge is 0.133 e. The number of rotatable bonds is 8. The molecule has 0 aliphatic carbocycles. The molecule has 13 heavy (non-hydrogen) atoms. The Balaban J connectivity index is 3.17. The van der Waals surface area contributed by atoms with Gasteiger partial charge in [0.05, 0.1) is 0 Å². The number of carbonyl (C=O) groups is 1. The minimum atomic E-state index is 0.419. The van der Waals surface area contributed by atoms with E-state index in [9.17, 15) is 4.79 Å². The van der Waals surface area contributed by atoms with Crippen LogP contribution in [0.1, 0.15) is 52.4 Å². The summed E-state index contributed by atoms with van der Waals surface area (Å²) in [6.07, 6.45) is 5.98. The second-order valence-electron chi connectivity index (χ2n) is 4.09. The van der Waals surface area contributed by atoms with E-state index in [4.69, 9.17) is 5.73 Å². The van der Waals surface area contributed by atoms with E-state index in [2.05, 4.69) is 13.8 Å². The molecule has 0 aliphatic rings. The van der Waals surface area contributed by atoms with Gasteiger partial charge in [-0.3, -0.25) is 4.79 Å². The Morgan fingerprint density at radius 3 is 2.31 bits per heavy atom. The summed E-state index contributed by atoms with van der Waals surface area (Å²) in [6.45, 7) is 4.96. The number of carbonyl (C=O) groups excluding carboxylic acids is 1. The Kier molecular flexibility index (Phi) is 8.00. The Morgan fingerprint density at radius 1 is 1.15 bits per heavy atom. The van der Waals surface area contributed by atoms with Crippen LogP contribution in [0, 0.1) is 5.92 Å². The summed E-state index contributed by atoms with van der Waals surface area (Å²) in [5, 5.41) is 0. The van der Waals surface area contributed by atoms with Gasteiger partial charge in [0.15, 0.2) is 0 Å². The highest BCUT2D eigenvalue weighted by molar-refractivity contribution is 5.78. The molecular weight excluding hydrogens is 162 g/mol. The van der Waals surface area contributed by atoms with E-state index < -0.39 is 0 Å². The van der Waals surface area contributed by atoms with E-state index in [-0.39, 0.29) is 0 Å². The molecule has 0 heterocycles. The van der Waals surface area contributed by atoms with Crippen LogP contribution in [-0.4, -0.2) is 12.3 Å². The molecule has 0 rings (SSSR count). The van der Waals surface area contributed by atoms with Gasteiger partial charge in [-0.2, -0.15) is 0 Å². The first-order valence-corrected chi connectivity index (χ1v) is 5.38. The summed E-state index contributed by atoms with van der Waals surface area (Å²) in [6, 6.07) is 0. The average Bonchev–Trinajstić information content (AvgIpc) is 2.02. The van der Waals surface area contributed by atoms with E-state index in [0.717, 1.165) is 38.6 Å². The zero-order chi connectivity index (χ0) is 10.1. The number of unbranched alkanes of at least 4 members (excludes halogenated alkanes) is 3. The summed E-state index contributed by atoms with van der Waals surface area (Å²) in [5.74, 6) is 0.930. The van der Waals surface area contributed by atoms with Crippen LogP contribution in [0.3, 0.4) is 0 Å². The summed E-state index contributed by atoms with van der Waals surface area (Å²) in [5.41, 5.74) is 5.37. The maximum atomic E-state index is 11.3. The zero-order valence-corrected chi connectivity index (χ0v) is 9.01. The van der Waals surface area contributed by atoms with Gasteiger partial charge in [0.1, 0.15) is 5.78 Å². The van der Waals surface area contributed by atoms with Crippen molar-refractivity contribution in [3.05, 3.63) is 0 Å². The zero-order valence-electron chi connectivity index (χ0n) is 9.01. The molecule has 0 fully saturated rings. The lowest BCUT2D eigenvalue weighted by molar-refractivity contribution is -0.119. The maximum absolute atomic E-state index is 11.3. The second-order valence-corrected chi connectivity index (χ2v) is 4.09. The van der Waals surface area contributed by atoms with Crippen LogP contribution in [-0.2, 0) is 4.79 Å². The minimum absolute atomic E-state index is 0.419. The number of Topliss-reactive ketones (excluding diaryl/α,β-unsaturated/α-hetero) is 1. The van der Waals surface area contributed by atoms with Crippen molar-refractivity contribution < 1.29 is 4.79 Å². The molecule has 2 heteroatoms. The first kappa shape index (κ1) is 12.6. The normalized spacial score (nSPS) is 10.8. The first-order chi connectivity index (χ1) is 6.16. The van der Waals surface area contributed by atoms with E-state index >= 15 is 0 Å². The lowest BCUT2D eigenvalue weighted by atomic mass is 10.0. The highest BCUT2D eigenvalue weighted by atomic mass is 16.1. The predicted molar refractivity (Wildman–Crippen MR) is 56.6 cm³/mol. The Bertz CT molecular complexity index is 132. The molecule has 0 bridgehead atoms. The van der Waals surface area contributed by atoms with Crippen molar-refractivity contribution >= 4 is 5.78 Å². The summed E-state index contributed by atoms with van der Waals surface area (Å²) in [7, 11) is 0.